The van der Waals surface area contributed by atoms with E-state index in [0.717, 1.165) is 18.8 Å². The summed E-state index contributed by atoms with van der Waals surface area (Å²) in [5, 5.41) is 15.6. The van der Waals surface area contributed by atoms with Crippen molar-refractivity contribution in [3.05, 3.63) is 71.1 Å². The lowest BCUT2D eigenvalue weighted by molar-refractivity contribution is -0.192. The number of halogens is 4. The number of anilines is 3. The van der Waals surface area contributed by atoms with Gasteiger partial charge >= 0.3 is 12.1 Å². The van der Waals surface area contributed by atoms with Gasteiger partial charge in [0, 0.05) is 43.8 Å². The van der Waals surface area contributed by atoms with Crippen LogP contribution in [0.15, 0.2) is 54.9 Å². The Morgan fingerprint density at radius 3 is 2.44 bits per heavy atom. The number of rotatable bonds is 11. The van der Waals surface area contributed by atoms with Crippen molar-refractivity contribution in [1.82, 2.24) is 15.3 Å². The van der Waals surface area contributed by atoms with Gasteiger partial charge in [0.15, 0.2) is 5.69 Å². The van der Waals surface area contributed by atoms with Crippen LogP contribution in [0.5, 0.6) is 5.75 Å². The molecular formula is C28H28ClF3N6O7. The largest absolute Gasteiger partial charge is 0.493 e. The van der Waals surface area contributed by atoms with E-state index in [9.17, 15) is 27.6 Å². The maximum absolute atomic E-state index is 13.4. The second-order valence-electron chi connectivity index (χ2n) is 9.03. The number of nitrogens with zero attached hydrogens (tertiary/aromatic N) is 3. The first-order valence-corrected chi connectivity index (χ1v) is 13.6. The lowest BCUT2D eigenvalue weighted by Gasteiger charge is -2.29. The minimum Gasteiger partial charge on any atom is -0.493 e. The Labute approximate surface area is 259 Å². The molecule has 240 valence electrons. The number of carboxylic acids is 1. The molecule has 1 aliphatic heterocycles. The summed E-state index contributed by atoms with van der Waals surface area (Å²) in [4.78, 5) is 56.0. The third-order valence-electron chi connectivity index (χ3n) is 5.87. The number of carboxylic acid groups (broad SMARTS) is 1. The smallest absolute Gasteiger partial charge is 0.490 e. The number of alkyl halides is 3. The Morgan fingerprint density at radius 2 is 1.80 bits per heavy atom. The summed E-state index contributed by atoms with van der Waals surface area (Å²) in [5.41, 5.74) is 1.44. The zero-order valence-electron chi connectivity index (χ0n) is 23.5. The quantitative estimate of drug-likeness (QED) is 0.177. The van der Waals surface area contributed by atoms with Gasteiger partial charge in [-0.1, -0.05) is 11.6 Å². The van der Waals surface area contributed by atoms with E-state index in [-0.39, 0.29) is 11.4 Å². The zero-order valence-corrected chi connectivity index (χ0v) is 24.2. The van der Waals surface area contributed by atoms with Gasteiger partial charge in [-0.2, -0.15) is 13.2 Å². The molecule has 0 bridgehead atoms. The van der Waals surface area contributed by atoms with E-state index in [1.807, 2.05) is 12.1 Å². The van der Waals surface area contributed by atoms with Gasteiger partial charge in [0.2, 0.25) is 6.41 Å². The topological polar surface area (TPSA) is 172 Å². The van der Waals surface area contributed by atoms with Crippen LogP contribution in [0.4, 0.5) is 30.4 Å². The molecule has 0 atom stereocenters. The molecule has 1 aromatic carbocycles. The summed E-state index contributed by atoms with van der Waals surface area (Å²) in [6.07, 6.45) is -1.02. The first kappa shape index (κ1) is 34.5. The van der Waals surface area contributed by atoms with Gasteiger partial charge in [-0.25, -0.2) is 14.8 Å². The van der Waals surface area contributed by atoms with Crippen LogP contribution < -0.4 is 25.6 Å². The molecule has 13 nitrogen and oxygen atoms in total. The molecule has 1 aliphatic rings. The molecule has 4 N–H and O–H groups in total. The standard InChI is InChI=1S/C26H27ClN6O5.C2HF3O2/c27-18-4-7-23(30-16-18)32-26(36)24-21(3-1-9-29-24)31-25(35)20-6-5-19(33-10-13-37-14-11-33)15-22(20)38-12-2-8-28-17-34;3-2(4,5)1(6)7/h1,3-7,9,15-17H,2,8,10-14H2,(H,28,34)(H,31,35)(H,30,32,36);(H,6,7). The average molecular weight is 653 g/mol. The number of aromatic nitrogens is 2. The third kappa shape index (κ3) is 10.9. The van der Waals surface area contributed by atoms with Crippen molar-refractivity contribution >= 4 is 53.0 Å². The van der Waals surface area contributed by atoms with Crippen molar-refractivity contribution in [1.29, 1.82) is 0 Å². The van der Waals surface area contributed by atoms with Gasteiger partial charge in [-0.05, 0) is 42.8 Å². The van der Waals surface area contributed by atoms with Crippen LogP contribution in [0.1, 0.15) is 27.3 Å². The fourth-order valence-electron chi connectivity index (χ4n) is 3.75. The Kier molecular flexibility index (Phi) is 12.9. The van der Waals surface area contributed by atoms with Crippen LogP contribution in [0.25, 0.3) is 0 Å². The van der Waals surface area contributed by atoms with Gasteiger partial charge in [0.05, 0.1) is 36.1 Å². The zero-order chi connectivity index (χ0) is 32.8. The molecule has 2 aromatic heterocycles. The Balaban J connectivity index is 0.000000707. The maximum Gasteiger partial charge on any atom is 0.490 e. The van der Waals surface area contributed by atoms with Gasteiger partial charge < -0.3 is 35.4 Å². The van der Waals surface area contributed by atoms with E-state index in [1.165, 1.54) is 12.4 Å². The molecule has 0 spiro atoms. The van der Waals surface area contributed by atoms with Gasteiger partial charge in [0.1, 0.15) is 11.6 Å². The predicted octanol–water partition coefficient (Wildman–Crippen LogP) is 3.62. The molecular weight excluding hydrogens is 625 g/mol. The van der Waals surface area contributed by atoms with Crippen LogP contribution in [0.3, 0.4) is 0 Å². The Morgan fingerprint density at radius 1 is 1.07 bits per heavy atom. The van der Waals surface area contributed by atoms with Crippen LogP contribution in [-0.2, 0) is 14.3 Å². The maximum atomic E-state index is 13.4. The number of morpholine rings is 1. The van der Waals surface area contributed by atoms with Gasteiger partial charge in [-0.15, -0.1) is 0 Å². The number of aliphatic carboxylic acids is 1. The van der Waals surface area contributed by atoms with Gasteiger partial charge in [0.25, 0.3) is 11.8 Å². The van der Waals surface area contributed by atoms with E-state index in [1.54, 1.807) is 30.3 Å². The Hall–Kier alpha value is -4.96. The van der Waals surface area contributed by atoms with Crippen molar-refractivity contribution in [2.24, 2.45) is 0 Å². The number of carbonyl (C=O) groups excluding carboxylic acids is 3. The number of pyridine rings is 2. The molecule has 0 radical (unpaired) electrons. The van der Waals surface area contributed by atoms with E-state index >= 15 is 0 Å². The van der Waals surface area contributed by atoms with Crippen molar-refractivity contribution in [2.75, 3.05) is 55.0 Å². The molecule has 0 unspecified atom stereocenters. The fourth-order valence-corrected chi connectivity index (χ4v) is 3.87. The van der Waals surface area contributed by atoms with Crippen LogP contribution in [-0.4, -0.2) is 84.9 Å². The molecule has 1 saturated heterocycles. The van der Waals surface area contributed by atoms with E-state index < -0.39 is 24.0 Å². The number of ether oxygens (including phenoxy) is 2. The summed E-state index contributed by atoms with van der Waals surface area (Å²) in [5.74, 6) is -3.09. The second kappa shape index (κ2) is 16.8. The van der Waals surface area contributed by atoms with Crippen molar-refractivity contribution < 1.29 is 46.9 Å². The highest BCUT2D eigenvalue weighted by atomic mass is 35.5. The highest BCUT2D eigenvalue weighted by Gasteiger charge is 2.38. The van der Waals surface area contributed by atoms with E-state index in [4.69, 9.17) is 31.0 Å². The lowest BCUT2D eigenvalue weighted by atomic mass is 10.1. The molecule has 45 heavy (non-hydrogen) atoms. The highest BCUT2D eigenvalue weighted by molar-refractivity contribution is 6.30. The molecule has 0 aliphatic carbocycles. The molecule has 3 heterocycles. The molecule has 4 rings (SSSR count). The van der Waals surface area contributed by atoms with E-state index in [2.05, 4.69) is 30.8 Å². The van der Waals surface area contributed by atoms with Crippen LogP contribution in [0, 0.1) is 0 Å². The number of hydrogen-bond acceptors (Lipinski definition) is 9. The second-order valence-corrected chi connectivity index (χ2v) is 9.46. The minimum atomic E-state index is -5.08. The third-order valence-corrected chi connectivity index (χ3v) is 6.10. The summed E-state index contributed by atoms with van der Waals surface area (Å²) in [6, 6.07) is 11.7. The first-order chi connectivity index (χ1) is 21.5. The number of amides is 3. The Bertz CT molecular complexity index is 1470. The van der Waals surface area contributed by atoms with Gasteiger partial charge in [-0.3, -0.25) is 14.4 Å². The van der Waals surface area contributed by atoms with Crippen molar-refractivity contribution in [2.45, 2.75) is 12.6 Å². The molecule has 3 amide bonds. The summed E-state index contributed by atoms with van der Waals surface area (Å²) >= 11 is 5.86. The van der Waals surface area contributed by atoms with Crippen molar-refractivity contribution in [3.8, 4) is 5.75 Å². The monoisotopic (exact) mass is 652 g/mol. The lowest BCUT2D eigenvalue weighted by Crippen LogP contribution is -2.36. The first-order valence-electron chi connectivity index (χ1n) is 13.3. The number of benzene rings is 1. The molecule has 0 saturated carbocycles. The highest BCUT2D eigenvalue weighted by Crippen LogP contribution is 2.28. The SMILES string of the molecule is O=C(O)C(F)(F)F.O=CNCCCOc1cc(N2CCOCC2)ccc1C(=O)Nc1cccnc1C(=O)Nc1ccc(Cl)cn1. The fraction of sp³-hybridized carbons (Fsp3) is 0.286. The average Bonchev–Trinajstić information content (AvgIpc) is 3.02. The molecule has 17 heteroatoms. The van der Waals surface area contributed by atoms with E-state index in [0.29, 0.717) is 61.3 Å². The van der Waals surface area contributed by atoms with Crippen molar-refractivity contribution in [3.63, 3.8) is 0 Å². The number of carbonyl (C=O) groups is 4. The summed E-state index contributed by atoms with van der Waals surface area (Å²) in [7, 11) is 0. The predicted molar refractivity (Wildman–Crippen MR) is 157 cm³/mol. The minimum absolute atomic E-state index is 0.0185. The molecule has 3 aromatic rings. The molecule has 1 fully saturated rings. The number of nitrogens with one attached hydrogen (secondary N) is 3. The van der Waals surface area contributed by atoms with Crippen LogP contribution in [0.2, 0.25) is 5.02 Å². The summed E-state index contributed by atoms with van der Waals surface area (Å²) < 4.78 is 43.1. The van der Waals surface area contributed by atoms with Crippen LogP contribution >= 0.6 is 11.6 Å². The summed E-state index contributed by atoms with van der Waals surface area (Å²) in [6.45, 7) is 3.43. The normalized spacial score (nSPS) is 12.7. The number of hydrogen-bond donors (Lipinski definition) is 4.